The van der Waals surface area contributed by atoms with Crippen LogP contribution in [0.4, 0.5) is 0 Å². The highest BCUT2D eigenvalue weighted by molar-refractivity contribution is 5.13. The number of ether oxygens (including phenoxy) is 6. The maximum Gasteiger partial charge on any atom is 0.122 e. The average Bonchev–Trinajstić information content (AvgIpc) is 3.58. The summed E-state index contributed by atoms with van der Waals surface area (Å²) in [4.78, 5) is 0. The van der Waals surface area contributed by atoms with Crippen LogP contribution in [0.1, 0.15) is 48.5 Å². The molecule has 3 N–H and O–H groups in total. The zero-order valence-corrected chi connectivity index (χ0v) is 21.7. The summed E-state index contributed by atoms with van der Waals surface area (Å²) in [5.74, 6) is 1.17. The Morgan fingerprint density at radius 1 is 0.529 bits per heavy atom. The molecule has 6 rings (SSSR count). The molecular weight excluding hydrogens is 444 g/mol. The lowest BCUT2D eigenvalue weighted by Crippen LogP contribution is -2.51. The minimum Gasteiger partial charge on any atom is -0.388 e. The van der Waals surface area contributed by atoms with Crippen LogP contribution in [-0.4, -0.2) is 108 Å². The molecule has 0 aromatic heterocycles. The van der Waals surface area contributed by atoms with E-state index in [0.29, 0.717) is 50.8 Å². The van der Waals surface area contributed by atoms with E-state index in [9.17, 15) is 15.3 Å². The number of aliphatic hydroxyl groups is 3. The lowest BCUT2D eigenvalue weighted by Gasteiger charge is -2.34. The van der Waals surface area contributed by atoms with Gasteiger partial charge >= 0.3 is 0 Å². The Balaban J connectivity index is 0.000000121. The molecule has 6 fully saturated rings. The second-order valence-corrected chi connectivity index (χ2v) is 11.6. The second kappa shape index (κ2) is 9.19. The zero-order chi connectivity index (χ0) is 25.1. The van der Waals surface area contributed by atoms with Crippen molar-refractivity contribution in [3.8, 4) is 0 Å². The lowest BCUT2D eigenvalue weighted by molar-refractivity contribution is -0.0973. The van der Waals surface area contributed by atoms with Crippen LogP contribution in [0.15, 0.2) is 0 Å². The first kappa shape index (κ1) is 26.7. The van der Waals surface area contributed by atoms with Crippen molar-refractivity contribution < 1.29 is 43.7 Å². The van der Waals surface area contributed by atoms with Gasteiger partial charge in [0.1, 0.15) is 46.8 Å². The standard InChI is InChI=1S/2C9H16O3.C7H12O3/c2*1-6-4-11-9(3)7(10)5-12-8(6,9)2;1-4-2-9-7-5(8)3-10-6(4)7/h2*6-7,10H,4-5H2,1-3H3;4-8H,2-3H2,1H3/t6-,7-,8+,9+;6-,7-,8-,9-;4-,5+,6+,7+/m010/s1. The van der Waals surface area contributed by atoms with Gasteiger partial charge in [-0.3, -0.25) is 0 Å². The van der Waals surface area contributed by atoms with E-state index in [1.807, 2.05) is 27.7 Å². The van der Waals surface area contributed by atoms with Gasteiger partial charge in [-0.15, -0.1) is 0 Å². The van der Waals surface area contributed by atoms with Gasteiger partial charge in [0.25, 0.3) is 0 Å². The molecule has 0 amide bonds. The molecule has 9 nitrogen and oxygen atoms in total. The van der Waals surface area contributed by atoms with Crippen LogP contribution >= 0.6 is 0 Å². The van der Waals surface area contributed by atoms with Gasteiger partial charge in [0.05, 0.1) is 45.7 Å². The molecule has 0 aromatic rings. The van der Waals surface area contributed by atoms with Gasteiger partial charge in [-0.1, -0.05) is 20.8 Å². The molecule has 12 atom stereocenters. The van der Waals surface area contributed by atoms with Crippen molar-refractivity contribution in [3.63, 3.8) is 0 Å². The zero-order valence-electron chi connectivity index (χ0n) is 21.7. The fraction of sp³-hybridized carbons (Fsp3) is 1.00. The summed E-state index contributed by atoms with van der Waals surface area (Å²) in [6.45, 7) is 17.6. The van der Waals surface area contributed by atoms with Crippen LogP contribution in [0.5, 0.6) is 0 Å². The van der Waals surface area contributed by atoms with Crippen molar-refractivity contribution in [2.24, 2.45) is 17.8 Å². The maximum absolute atomic E-state index is 9.69. The van der Waals surface area contributed by atoms with Gasteiger partial charge in [0.2, 0.25) is 0 Å². The van der Waals surface area contributed by atoms with Crippen molar-refractivity contribution in [1.82, 2.24) is 0 Å². The minimum absolute atomic E-state index is 0.0463. The third-order valence-electron chi connectivity index (χ3n) is 9.75. The lowest BCUT2D eigenvalue weighted by atomic mass is 9.79. The van der Waals surface area contributed by atoms with E-state index in [1.54, 1.807) is 0 Å². The number of rotatable bonds is 0. The Hall–Kier alpha value is -0.360. The summed E-state index contributed by atoms with van der Waals surface area (Å²) in [6.07, 6.45) is -1.25. The minimum atomic E-state index is -0.494. The largest absolute Gasteiger partial charge is 0.388 e. The molecule has 198 valence electrons. The smallest absolute Gasteiger partial charge is 0.122 e. The van der Waals surface area contributed by atoms with E-state index < -0.39 is 29.5 Å². The topological polar surface area (TPSA) is 116 Å². The summed E-state index contributed by atoms with van der Waals surface area (Å²) in [5.41, 5.74) is -1.59. The van der Waals surface area contributed by atoms with Crippen LogP contribution in [0.3, 0.4) is 0 Å². The van der Waals surface area contributed by atoms with Crippen molar-refractivity contribution in [1.29, 1.82) is 0 Å². The number of aliphatic hydroxyl groups excluding tert-OH is 3. The molecule has 0 aliphatic carbocycles. The van der Waals surface area contributed by atoms with Gasteiger partial charge in [-0.2, -0.15) is 0 Å². The predicted octanol–water partition coefficient (Wildman–Crippen LogP) is 0.903. The summed E-state index contributed by atoms with van der Waals surface area (Å²) in [6, 6.07) is 0. The first-order chi connectivity index (χ1) is 15.8. The van der Waals surface area contributed by atoms with Crippen LogP contribution in [0, 0.1) is 17.8 Å². The monoisotopic (exact) mass is 488 g/mol. The van der Waals surface area contributed by atoms with Gasteiger partial charge in [-0.25, -0.2) is 0 Å². The molecule has 6 saturated heterocycles. The molecule has 0 bridgehead atoms. The Bertz CT molecular complexity index is 633. The normalized spacial score (nSPS) is 57.4. The summed E-state index contributed by atoms with van der Waals surface area (Å²) < 4.78 is 33.1. The third-order valence-corrected chi connectivity index (χ3v) is 9.75. The Morgan fingerprint density at radius 3 is 1.35 bits per heavy atom. The quantitative estimate of drug-likeness (QED) is 0.457. The third kappa shape index (κ3) is 3.87. The van der Waals surface area contributed by atoms with E-state index in [2.05, 4.69) is 20.8 Å². The number of fused-ring (bicyclic) bond motifs is 3. The highest BCUT2D eigenvalue weighted by Crippen LogP contribution is 2.49. The van der Waals surface area contributed by atoms with E-state index in [4.69, 9.17) is 28.4 Å². The Morgan fingerprint density at radius 2 is 0.941 bits per heavy atom. The highest BCUT2D eigenvalue weighted by atomic mass is 16.6. The molecule has 6 heterocycles. The SMILES string of the molecule is C[C@@H]1CO[C@]2(C)[C@H](O)CO[C@]12C.C[C@H]1CO[C@H]2[C@@H]1OC[C@H]2O.C[C@H]1CO[C@]2(C)[C@@H](O)CO[C@]12C. The summed E-state index contributed by atoms with van der Waals surface area (Å²) in [5, 5.41) is 28.7. The highest BCUT2D eigenvalue weighted by Gasteiger charge is 2.64. The molecular formula is C25H44O9. The van der Waals surface area contributed by atoms with Crippen LogP contribution in [0.2, 0.25) is 0 Å². The Kier molecular flexibility index (Phi) is 7.21. The van der Waals surface area contributed by atoms with Crippen molar-refractivity contribution in [3.05, 3.63) is 0 Å². The summed E-state index contributed by atoms with van der Waals surface area (Å²) >= 11 is 0. The Labute approximate surface area is 203 Å². The van der Waals surface area contributed by atoms with Crippen LogP contribution < -0.4 is 0 Å². The molecule has 34 heavy (non-hydrogen) atoms. The molecule has 6 aliphatic heterocycles. The molecule has 0 unspecified atom stereocenters. The first-order valence-electron chi connectivity index (χ1n) is 12.6. The van der Waals surface area contributed by atoms with E-state index >= 15 is 0 Å². The van der Waals surface area contributed by atoms with Gasteiger partial charge in [0, 0.05) is 17.8 Å². The molecule has 0 radical (unpaired) electrons. The first-order valence-corrected chi connectivity index (χ1v) is 12.6. The van der Waals surface area contributed by atoms with Gasteiger partial charge < -0.3 is 43.7 Å². The van der Waals surface area contributed by atoms with E-state index in [0.717, 1.165) is 6.61 Å². The number of hydrogen-bond acceptors (Lipinski definition) is 9. The van der Waals surface area contributed by atoms with E-state index in [1.165, 1.54) is 0 Å². The van der Waals surface area contributed by atoms with Gasteiger partial charge in [0.15, 0.2) is 0 Å². The van der Waals surface area contributed by atoms with E-state index in [-0.39, 0.29) is 23.4 Å². The summed E-state index contributed by atoms with van der Waals surface area (Å²) in [7, 11) is 0. The van der Waals surface area contributed by atoms with Gasteiger partial charge in [-0.05, 0) is 27.7 Å². The molecule has 0 aromatic carbocycles. The average molecular weight is 489 g/mol. The molecule has 0 spiro atoms. The number of hydrogen-bond donors (Lipinski definition) is 3. The molecule has 6 aliphatic rings. The maximum atomic E-state index is 9.69. The van der Waals surface area contributed by atoms with Crippen LogP contribution in [0.25, 0.3) is 0 Å². The fourth-order valence-electron chi connectivity index (χ4n) is 6.10. The van der Waals surface area contributed by atoms with Crippen molar-refractivity contribution >= 4 is 0 Å². The van der Waals surface area contributed by atoms with Crippen molar-refractivity contribution in [2.75, 3.05) is 39.6 Å². The van der Waals surface area contributed by atoms with Crippen LogP contribution in [-0.2, 0) is 28.4 Å². The van der Waals surface area contributed by atoms with Crippen molar-refractivity contribution in [2.45, 2.75) is 101 Å². The second-order valence-electron chi connectivity index (χ2n) is 11.6. The predicted molar refractivity (Wildman–Crippen MR) is 122 cm³/mol. The molecule has 9 heteroatoms. The fourth-order valence-corrected chi connectivity index (χ4v) is 6.10. The molecule has 0 saturated carbocycles.